The molecule has 1 fully saturated rings. The largest absolute Gasteiger partial charge is 1.52 e. The molecule has 0 amide bonds. The Labute approximate surface area is 68.7 Å². The van der Waals surface area contributed by atoms with Gasteiger partial charge in [-0.2, -0.15) is 0 Å². The van der Waals surface area contributed by atoms with Crippen molar-refractivity contribution in [3.8, 4) is 0 Å². The van der Waals surface area contributed by atoms with Gasteiger partial charge in [0.1, 0.15) is 0 Å². The minimum atomic E-state index is 0.889. The third-order valence-electron chi connectivity index (χ3n) is 0.846. The fraction of sp³-hybridized carbons (Fsp3) is 1.00. The molecule has 1 rings (SSSR count). The minimum absolute atomic E-state index is 0.889. The number of nitrogens with one attached hydrogen (secondary N) is 1. The summed E-state index contributed by atoms with van der Waals surface area (Å²) >= 11 is 4.64. The van der Waals surface area contributed by atoms with Crippen LogP contribution in [0, 0.1) is 0 Å². The standard InChI is InChI=1S/C4H9NO.BrH.Mg/c1-3-6-4-2-5-1;;/h5H,1-4H2;1H;/q;;+3/p-1. The van der Waals surface area contributed by atoms with Crippen molar-refractivity contribution in [2.75, 3.05) is 26.3 Å². The van der Waals surface area contributed by atoms with Gasteiger partial charge in [0.2, 0.25) is 0 Å². The molecule has 0 unspecified atom stereocenters. The lowest BCUT2D eigenvalue weighted by molar-refractivity contribution is 0.109. The zero-order valence-electron chi connectivity index (χ0n) is 4.82. The van der Waals surface area contributed by atoms with Crippen LogP contribution in [0.1, 0.15) is 0 Å². The molecule has 1 N–H and O–H groups in total. The number of rotatable bonds is 0. The SMILES string of the molecule is C1COCCN1.[Mg+2][Br]. The molecule has 0 aromatic rings. The van der Waals surface area contributed by atoms with Crippen molar-refractivity contribution in [1.29, 1.82) is 0 Å². The van der Waals surface area contributed by atoms with Crippen molar-refractivity contribution < 1.29 is 4.74 Å². The topological polar surface area (TPSA) is 21.3 Å². The van der Waals surface area contributed by atoms with Crippen LogP contribution in [0.2, 0.25) is 0 Å². The van der Waals surface area contributed by atoms with Crippen LogP contribution in [0.3, 0.4) is 0 Å². The first-order chi connectivity index (χ1) is 4.00. The molecular weight excluding hydrogens is 182 g/mol. The highest BCUT2D eigenvalue weighted by atomic mass is 79.9. The Balaban J connectivity index is 0.000000222. The third kappa shape index (κ3) is 5.31. The van der Waals surface area contributed by atoms with E-state index in [1.807, 2.05) is 0 Å². The first-order valence-electron chi connectivity index (χ1n) is 2.55. The summed E-state index contributed by atoms with van der Waals surface area (Å²) in [6.07, 6.45) is 0. The zero-order valence-corrected chi connectivity index (χ0v) is 7.82. The zero-order chi connectivity index (χ0) is 6.24. The molecule has 0 spiro atoms. The number of hydrogen-bond donors (Lipinski definition) is 1. The van der Waals surface area contributed by atoms with Crippen molar-refractivity contribution in [2.24, 2.45) is 0 Å². The predicted molar refractivity (Wildman–Crippen MR) is 38.4 cm³/mol. The molecule has 4 heteroatoms. The molecule has 0 aromatic heterocycles. The normalized spacial score (nSPS) is 18.8. The van der Waals surface area contributed by atoms with Gasteiger partial charge in [-0.05, 0) is 0 Å². The smallest absolute Gasteiger partial charge is 0.379 e. The van der Waals surface area contributed by atoms with Crippen LogP contribution in [0.5, 0.6) is 0 Å². The Morgan fingerprint density at radius 3 is 1.88 bits per heavy atom. The summed E-state index contributed by atoms with van der Waals surface area (Å²) < 4.78 is 5.01. The van der Waals surface area contributed by atoms with Crippen LogP contribution < -0.4 is 5.32 Å². The van der Waals surface area contributed by atoms with Gasteiger partial charge >= 0.3 is 32.4 Å². The van der Waals surface area contributed by atoms with Gasteiger partial charge in [-0.15, -0.1) is 0 Å². The lowest BCUT2D eigenvalue weighted by Crippen LogP contribution is -2.30. The summed E-state index contributed by atoms with van der Waals surface area (Å²) in [7, 11) is 0. The van der Waals surface area contributed by atoms with E-state index >= 15 is 0 Å². The molecule has 1 saturated heterocycles. The average Bonchev–Trinajstić information content (AvgIpc) is 1.96. The van der Waals surface area contributed by atoms with Crippen LogP contribution in [-0.2, 0) is 4.74 Å². The van der Waals surface area contributed by atoms with Gasteiger partial charge in [0.25, 0.3) is 0 Å². The van der Waals surface area contributed by atoms with E-state index in [2.05, 4.69) is 18.2 Å². The van der Waals surface area contributed by atoms with E-state index < -0.39 is 0 Å². The second-order valence-electron chi connectivity index (χ2n) is 1.36. The van der Waals surface area contributed by atoms with E-state index in [0.29, 0.717) is 0 Å². The van der Waals surface area contributed by atoms with Gasteiger partial charge < -0.3 is 10.1 Å². The van der Waals surface area contributed by atoms with E-state index in [9.17, 15) is 0 Å². The second kappa shape index (κ2) is 8.17. The molecule has 7 radical (unpaired) electrons. The van der Waals surface area contributed by atoms with Crippen LogP contribution in [0.4, 0.5) is 0 Å². The first kappa shape index (κ1) is 9.17. The van der Waals surface area contributed by atoms with Gasteiger partial charge in [-0.1, -0.05) is 0 Å². The van der Waals surface area contributed by atoms with E-state index in [1.54, 1.807) is 19.5 Å². The lowest BCUT2D eigenvalue weighted by atomic mass is 10.5. The molecule has 0 aromatic carbocycles. The minimum Gasteiger partial charge on any atom is -0.379 e. The Bertz CT molecular complexity index is 31.5. The van der Waals surface area contributed by atoms with Crippen LogP contribution in [0.25, 0.3) is 0 Å². The molecule has 1 heterocycles. The highest BCUT2D eigenvalue weighted by Crippen LogP contribution is 1.76. The van der Waals surface area contributed by atoms with Crippen LogP contribution in [-0.4, -0.2) is 45.8 Å². The highest BCUT2D eigenvalue weighted by Gasteiger charge is 2.13. The van der Waals surface area contributed by atoms with Gasteiger partial charge in [0.05, 0.1) is 13.2 Å². The van der Waals surface area contributed by atoms with Crippen molar-refractivity contribution in [2.45, 2.75) is 0 Å². The van der Waals surface area contributed by atoms with Crippen molar-refractivity contribution in [3.63, 3.8) is 0 Å². The molecule has 8 heavy (non-hydrogen) atoms. The summed E-state index contributed by atoms with van der Waals surface area (Å²) in [5.74, 6) is 0. The average molecular weight is 191 g/mol. The fourth-order valence-electron chi connectivity index (χ4n) is 0.516. The maximum Gasteiger partial charge on any atom is 1.52 e. The quantitative estimate of drug-likeness (QED) is 0.547. The fourth-order valence-corrected chi connectivity index (χ4v) is 0.516. The molecule has 2 nitrogen and oxygen atoms in total. The van der Waals surface area contributed by atoms with Gasteiger partial charge in [-0.3, -0.25) is 0 Å². The van der Waals surface area contributed by atoms with Gasteiger partial charge in [-0.25, -0.2) is 0 Å². The van der Waals surface area contributed by atoms with Crippen LogP contribution in [0.15, 0.2) is 0 Å². The highest BCUT2D eigenvalue weighted by molar-refractivity contribution is 9.22. The first-order valence-corrected chi connectivity index (χ1v) is 6.45. The molecule has 43 valence electrons. The van der Waals surface area contributed by atoms with E-state index in [4.69, 9.17) is 4.74 Å². The van der Waals surface area contributed by atoms with E-state index in [-0.39, 0.29) is 0 Å². The molecule has 0 aliphatic carbocycles. The van der Waals surface area contributed by atoms with Gasteiger partial charge in [0, 0.05) is 13.1 Å². The molecule has 1 aliphatic heterocycles. The lowest BCUT2D eigenvalue weighted by Gasteiger charge is -2.10. The maximum atomic E-state index is 5.01. The second-order valence-corrected chi connectivity index (χ2v) is 1.36. The predicted octanol–water partition coefficient (Wildman–Crippen LogP) is 0.0710. The summed E-state index contributed by atoms with van der Waals surface area (Å²) in [6, 6.07) is 0. The Hall–Kier alpha value is 1.17. The van der Waals surface area contributed by atoms with Crippen molar-refractivity contribution in [1.82, 2.24) is 5.32 Å². The number of hydrogen-bond acceptors (Lipinski definition) is 2. The molecule has 0 atom stereocenters. The Kier molecular flexibility index (Phi) is 9.36. The summed E-state index contributed by atoms with van der Waals surface area (Å²) in [5.41, 5.74) is 0. The Morgan fingerprint density at radius 1 is 1.25 bits per heavy atom. The number of halogens is 1. The van der Waals surface area contributed by atoms with Crippen molar-refractivity contribution >= 4 is 32.4 Å². The van der Waals surface area contributed by atoms with Gasteiger partial charge in [0.15, 0.2) is 0 Å². The molecule has 0 bridgehead atoms. The Morgan fingerprint density at radius 2 is 1.75 bits per heavy atom. The summed E-state index contributed by atoms with van der Waals surface area (Å²) in [4.78, 5) is 0. The van der Waals surface area contributed by atoms with Crippen molar-refractivity contribution in [3.05, 3.63) is 0 Å². The molecule has 0 saturated carbocycles. The van der Waals surface area contributed by atoms with Crippen LogP contribution >= 0.6 is 12.9 Å². The molecular formula is C4H9BrMgNO+2. The van der Waals surface area contributed by atoms with E-state index in [1.165, 1.54) is 0 Å². The monoisotopic (exact) mass is 190 g/mol. The number of ether oxygens (including phenoxy) is 1. The molecule has 1 aliphatic rings. The third-order valence-corrected chi connectivity index (χ3v) is 0.846. The maximum absolute atomic E-state index is 5.01. The van der Waals surface area contributed by atoms with E-state index in [0.717, 1.165) is 26.3 Å². The summed E-state index contributed by atoms with van der Waals surface area (Å²) in [5, 5.41) is 3.16. The summed E-state index contributed by atoms with van der Waals surface area (Å²) in [6.45, 7) is 3.83. The number of morpholine rings is 1.